The van der Waals surface area contributed by atoms with E-state index in [0.717, 1.165) is 27.0 Å². The summed E-state index contributed by atoms with van der Waals surface area (Å²) < 4.78 is 12.9. The summed E-state index contributed by atoms with van der Waals surface area (Å²) in [6.45, 7) is 1.80. The van der Waals surface area contributed by atoms with E-state index in [9.17, 15) is 0 Å². The van der Waals surface area contributed by atoms with E-state index >= 15 is 0 Å². The topological polar surface area (TPSA) is 30.5 Å². The fourth-order valence-electron chi connectivity index (χ4n) is 2.03. The van der Waals surface area contributed by atoms with E-state index in [4.69, 9.17) is 9.47 Å². The minimum Gasteiger partial charge on any atom is -0.496 e. The lowest BCUT2D eigenvalue weighted by molar-refractivity contribution is 0.237. The SMILES string of the molecule is COc1cc(Br)c(OCC2CCCCN2)cc1Br. The van der Waals surface area contributed by atoms with Crippen LogP contribution in [0.3, 0.4) is 0 Å². The number of ether oxygens (including phenoxy) is 2. The van der Waals surface area contributed by atoms with Crippen LogP contribution in [0, 0.1) is 0 Å². The number of rotatable bonds is 4. The van der Waals surface area contributed by atoms with Crippen molar-refractivity contribution in [1.29, 1.82) is 0 Å². The summed E-state index contributed by atoms with van der Waals surface area (Å²) in [6, 6.07) is 4.31. The molecule has 1 saturated heterocycles. The van der Waals surface area contributed by atoms with Gasteiger partial charge in [0, 0.05) is 6.04 Å². The van der Waals surface area contributed by atoms with Crippen LogP contribution in [-0.2, 0) is 0 Å². The molecule has 18 heavy (non-hydrogen) atoms. The molecule has 1 fully saturated rings. The van der Waals surface area contributed by atoms with Crippen LogP contribution in [0.1, 0.15) is 19.3 Å². The molecule has 1 heterocycles. The number of hydrogen-bond acceptors (Lipinski definition) is 3. The summed E-state index contributed by atoms with van der Waals surface area (Å²) in [5, 5.41) is 3.47. The lowest BCUT2D eigenvalue weighted by Crippen LogP contribution is -2.38. The van der Waals surface area contributed by atoms with E-state index < -0.39 is 0 Å². The molecule has 0 amide bonds. The van der Waals surface area contributed by atoms with Crippen molar-refractivity contribution < 1.29 is 9.47 Å². The molecular weight excluding hydrogens is 362 g/mol. The van der Waals surface area contributed by atoms with Crippen LogP contribution < -0.4 is 14.8 Å². The first-order valence-corrected chi connectivity index (χ1v) is 7.68. The molecule has 3 nitrogen and oxygen atoms in total. The highest BCUT2D eigenvalue weighted by atomic mass is 79.9. The maximum absolute atomic E-state index is 5.86. The summed E-state index contributed by atoms with van der Waals surface area (Å²) in [6.07, 6.45) is 3.75. The second-order valence-electron chi connectivity index (χ2n) is 4.38. The third-order valence-electron chi connectivity index (χ3n) is 3.06. The molecule has 1 aliphatic rings. The Morgan fingerprint density at radius 1 is 1.22 bits per heavy atom. The standard InChI is InChI=1S/C13H17Br2NO2/c1-17-12-6-11(15)13(7-10(12)14)18-8-9-4-2-3-5-16-9/h6-7,9,16H,2-5,8H2,1H3. The van der Waals surface area contributed by atoms with Gasteiger partial charge in [-0.15, -0.1) is 0 Å². The highest BCUT2D eigenvalue weighted by Crippen LogP contribution is 2.36. The molecule has 0 spiro atoms. The molecule has 1 atom stereocenters. The molecule has 5 heteroatoms. The number of halogens is 2. The van der Waals surface area contributed by atoms with Crippen molar-refractivity contribution in [3.05, 3.63) is 21.1 Å². The second kappa shape index (κ2) is 6.78. The molecule has 1 N–H and O–H groups in total. The van der Waals surface area contributed by atoms with E-state index in [1.54, 1.807) is 7.11 Å². The van der Waals surface area contributed by atoms with Crippen LogP contribution in [0.15, 0.2) is 21.1 Å². The van der Waals surface area contributed by atoms with Crippen molar-refractivity contribution in [2.24, 2.45) is 0 Å². The van der Waals surface area contributed by atoms with Crippen molar-refractivity contribution in [3.63, 3.8) is 0 Å². The monoisotopic (exact) mass is 377 g/mol. The molecular formula is C13H17Br2NO2. The van der Waals surface area contributed by atoms with Crippen LogP contribution in [0.25, 0.3) is 0 Å². The fourth-order valence-corrected chi connectivity index (χ4v) is 2.96. The van der Waals surface area contributed by atoms with Crippen molar-refractivity contribution in [3.8, 4) is 11.5 Å². The van der Waals surface area contributed by atoms with E-state index in [1.807, 2.05) is 12.1 Å². The molecule has 0 bridgehead atoms. The van der Waals surface area contributed by atoms with Crippen molar-refractivity contribution >= 4 is 31.9 Å². The van der Waals surface area contributed by atoms with Gasteiger partial charge in [-0.3, -0.25) is 0 Å². The molecule has 100 valence electrons. The summed E-state index contributed by atoms with van der Waals surface area (Å²) in [4.78, 5) is 0. The third kappa shape index (κ3) is 3.62. The van der Waals surface area contributed by atoms with Gasteiger partial charge in [-0.25, -0.2) is 0 Å². The summed E-state index contributed by atoms with van der Waals surface area (Å²) in [5.74, 6) is 1.64. The normalized spacial score (nSPS) is 19.6. The second-order valence-corrected chi connectivity index (χ2v) is 6.08. The Morgan fingerprint density at radius 2 is 1.94 bits per heavy atom. The van der Waals surface area contributed by atoms with E-state index in [0.29, 0.717) is 12.6 Å². The van der Waals surface area contributed by atoms with Crippen LogP contribution in [0.2, 0.25) is 0 Å². The number of methoxy groups -OCH3 is 1. The van der Waals surface area contributed by atoms with Gasteiger partial charge in [-0.2, -0.15) is 0 Å². The average Bonchev–Trinajstić information content (AvgIpc) is 2.40. The van der Waals surface area contributed by atoms with E-state index in [2.05, 4.69) is 37.2 Å². The molecule has 1 aromatic rings. The number of hydrogen-bond donors (Lipinski definition) is 1. The smallest absolute Gasteiger partial charge is 0.134 e. The Bertz CT molecular complexity index is 406. The lowest BCUT2D eigenvalue weighted by Gasteiger charge is -2.23. The van der Waals surface area contributed by atoms with Crippen molar-refractivity contribution in [2.75, 3.05) is 20.3 Å². The van der Waals surface area contributed by atoms with Gasteiger partial charge < -0.3 is 14.8 Å². The zero-order chi connectivity index (χ0) is 13.0. The minimum absolute atomic E-state index is 0.464. The van der Waals surface area contributed by atoms with Gasteiger partial charge in [0.15, 0.2) is 0 Å². The van der Waals surface area contributed by atoms with Gasteiger partial charge in [0.25, 0.3) is 0 Å². The summed E-state index contributed by atoms with van der Waals surface area (Å²) >= 11 is 6.97. The predicted octanol–water partition coefficient (Wildman–Crippen LogP) is 3.74. The van der Waals surface area contributed by atoms with Crippen molar-refractivity contribution in [1.82, 2.24) is 5.32 Å². The van der Waals surface area contributed by atoms with Crippen LogP contribution in [0.5, 0.6) is 11.5 Å². The highest BCUT2D eigenvalue weighted by molar-refractivity contribution is 9.11. The van der Waals surface area contributed by atoms with Gasteiger partial charge in [-0.1, -0.05) is 6.42 Å². The van der Waals surface area contributed by atoms with Gasteiger partial charge in [0.1, 0.15) is 18.1 Å². The summed E-state index contributed by atoms with van der Waals surface area (Å²) in [7, 11) is 1.65. The molecule has 1 aliphatic heterocycles. The van der Waals surface area contributed by atoms with E-state index in [1.165, 1.54) is 19.3 Å². The predicted molar refractivity (Wildman–Crippen MR) is 79.5 cm³/mol. The largest absolute Gasteiger partial charge is 0.496 e. The molecule has 0 aliphatic carbocycles. The zero-order valence-corrected chi connectivity index (χ0v) is 13.5. The Kier molecular flexibility index (Phi) is 5.33. The van der Waals surface area contributed by atoms with Crippen LogP contribution in [0.4, 0.5) is 0 Å². The molecule has 1 unspecified atom stereocenters. The zero-order valence-electron chi connectivity index (χ0n) is 10.3. The quantitative estimate of drug-likeness (QED) is 0.865. The van der Waals surface area contributed by atoms with E-state index in [-0.39, 0.29) is 0 Å². The molecule has 1 aromatic carbocycles. The van der Waals surface area contributed by atoms with Gasteiger partial charge in [-0.05, 0) is 63.4 Å². The number of nitrogens with one attached hydrogen (secondary N) is 1. The first-order valence-electron chi connectivity index (χ1n) is 6.10. The minimum atomic E-state index is 0.464. The Morgan fingerprint density at radius 3 is 2.61 bits per heavy atom. The lowest BCUT2D eigenvalue weighted by atomic mass is 10.1. The molecule has 2 rings (SSSR count). The maximum atomic E-state index is 5.86. The summed E-state index contributed by atoms with van der Waals surface area (Å²) in [5.41, 5.74) is 0. The first kappa shape index (κ1) is 14.2. The Labute approximate surface area is 124 Å². The molecule has 0 aromatic heterocycles. The third-order valence-corrected chi connectivity index (χ3v) is 4.30. The Hall–Kier alpha value is -0.260. The van der Waals surface area contributed by atoms with Gasteiger partial charge in [0.05, 0.1) is 16.1 Å². The van der Waals surface area contributed by atoms with Crippen LogP contribution >= 0.6 is 31.9 Å². The number of benzene rings is 1. The fraction of sp³-hybridized carbons (Fsp3) is 0.538. The highest BCUT2D eigenvalue weighted by Gasteiger charge is 2.14. The maximum Gasteiger partial charge on any atom is 0.134 e. The van der Waals surface area contributed by atoms with Crippen LogP contribution in [-0.4, -0.2) is 26.3 Å². The van der Waals surface area contributed by atoms with Crippen molar-refractivity contribution in [2.45, 2.75) is 25.3 Å². The molecule has 0 radical (unpaired) electrons. The molecule has 0 saturated carbocycles. The van der Waals surface area contributed by atoms with Gasteiger partial charge in [0.2, 0.25) is 0 Å². The first-order chi connectivity index (χ1) is 8.70. The van der Waals surface area contributed by atoms with Gasteiger partial charge >= 0.3 is 0 Å². The average molecular weight is 379 g/mol. The number of piperidine rings is 1. The Balaban J connectivity index is 1.98.